The maximum atomic E-state index is 12.6. The molecule has 27 heavy (non-hydrogen) atoms. The van der Waals surface area contributed by atoms with Gasteiger partial charge in [0.2, 0.25) is 5.91 Å². The molecule has 1 unspecified atom stereocenters. The standard InChI is InChI=1S/C19H29N5O.2ClH/c1-5-24(6-2)14-16-10-8-7-9-15(16)11-21-19(25)18(20-3)17-12-22-23(4)13-17;;/h7-10,12-13,18,20H,5-6,11,14H2,1-4H3,(H,21,25);2*1H. The van der Waals surface area contributed by atoms with Gasteiger partial charge in [0, 0.05) is 31.9 Å². The van der Waals surface area contributed by atoms with Crippen LogP contribution in [0.1, 0.15) is 36.6 Å². The van der Waals surface area contributed by atoms with Gasteiger partial charge in [0.05, 0.1) is 6.20 Å². The predicted molar refractivity (Wildman–Crippen MR) is 114 cm³/mol. The molecule has 1 amide bonds. The zero-order chi connectivity index (χ0) is 18.2. The molecule has 1 aromatic heterocycles. The molecule has 0 bridgehead atoms. The second-order valence-electron chi connectivity index (χ2n) is 6.12. The van der Waals surface area contributed by atoms with Crippen molar-refractivity contribution in [3.05, 3.63) is 53.3 Å². The summed E-state index contributed by atoms with van der Waals surface area (Å²) >= 11 is 0. The summed E-state index contributed by atoms with van der Waals surface area (Å²) in [4.78, 5) is 14.9. The van der Waals surface area contributed by atoms with E-state index in [1.165, 1.54) is 5.56 Å². The Bertz CT molecular complexity index is 688. The molecular formula is C19H31Cl2N5O. The van der Waals surface area contributed by atoms with Crippen molar-refractivity contribution in [2.24, 2.45) is 7.05 Å². The molecule has 1 atom stereocenters. The summed E-state index contributed by atoms with van der Waals surface area (Å²) in [5.74, 6) is -0.0480. The predicted octanol–water partition coefficient (Wildman–Crippen LogP) is 2.68. The van der Waals surface area contributed by atoms with Gasteiger partial charge < -0.3 is 10.6 Å². The van der Waals surface area contributed by atoms with E-state index in [0.717, 1.165) is 30.8 Å². The summed E-state index contributed by atoms with van der Waals surface area (Å²) in [6.07, 6.45) is 3.57. The quantitative estimate of drug-likeness (QED) is 0.660. The fraction of sp³-hybridized carbons (Fsp3) is 0.474. The number of benzene rings is 1. The molecular weight excluding hydrogens is 385 g/mol. The highest BCUT2D eigenvalue weighted by atomic mass is 35.5. The van der Waals surface area contributed by atoms with E-state index in [1.54, 1.807) is 17.9 Å². The lowest BCUT2D eigenvalue weighted by Gasteiger charge is -2.21. The number of halogens is 2. The molecule has 152 valence electrons. The number of carbonyl (C=O) groups excluding carboxylic acids is 1. The molecule has 0 saturated heterocycles. The molecule has 2 rings (SSSR count). The van der Waals surface area contributed by atoms with Crippen LogP contribution < -0.4 is 10.6 Å². The first-order valence-corrected chi connectivity index (χ1v) is 8.81. The number of likely N-dealkylation sites (N-methyl/N-ethyl adjacent to an activating group) is 1. The van der Waals surface area contributed by atoms with E-state index in [2.05, 4.69) is 52.7 Å². The van der Waals surface area contributed by atoms with Gasteiger partial charge >= 0.3 is 0 Å². The Labute approximate surface area is 174 Å². The smallest absolute Gasteiger partial charge is 0.242 e. The van der Waals surface area contributed by atoms with E-state index in [0.29, 0.717) is 6.54 Å². The lowest BCUT2D eigenvalue weighted by atomic mass is 10.1. The van der Waals surface area contributed by atoms with E-state index >= 15 is 0 Å². The van der Waals surface area contributed by atoms with Crippen molar-refractivity contribution in [1.29, 1.82) is 0 Å². The lowest BCUT2D eigenvalue weighted by molar-refractivity contribution is -0.123. The van der Waals surface area contributed by atoms with Gasteiger partial charge in [-0.1, -0.05) is 38.1 Å². The fourth-order valence-corrected chi connectivity index (χ4v) is 2.90. The average Bonchev–Trinajstić information content (AvgIpc) is 3.05. The SMILES string of the molecule is CCN(CC)Cc1ccccc1CNC(=O)C(NC)c1cnn(C)c1.Cl.Cl. The van der Waals surface area contributed by atoms with E-state index in [4.69, 9.17) is 0 Å². The Balaban J connectivity index is 0.00000338. The third-order valence-electron chi connectivity index (χ3n) is 4.47. The highest BCUT2D eigenvalue weighted by molar-refractivity contribution is 5.85. The first kappa shape index (κ1) is 25.4. The minimum Gasteiger partial charge on any atom is -0.350 e. The molecule has 1 aromatic carbocycles. The van der Waals surface area contributed by atoms with Gasteiger partial charge in [-0.2, -0.15) is 5.10 Å². The van der Waals surface area contributed by atoms with Crippen molar-refractivity contribution < 1.29 is 4.79 Å². The molecule has 0 spiro atoms. The van der Waals surface area contributed by atoms with Gasteiger partial charge in [-0.25, -0.2) is 0 Å². The van der Waals surface area contributed by atoms with Crippen LogP contribution in [0.3, 0.4) is 0 Å². The van der Waals surface area contributed by atoms with Crippen LogP contribution in [0, 0.1) is 0 Å². The summed E-state index contributed by atoms with van der Waals surface area (Å²) in [7, 11) is 3.63. The van der Waals surface area contributed by atoms with E-state index < -0.39 is 6.04 Å². The van der Waals surface area contributed by atoms with Crippen LogP contribution in [0.4, 0.5) is 0 Å². The lowest BCUT2D eigenvalue weighted by Crippen LogP contribution is -2.35. The molecule has 6 nitrogen and oxygen atoms in total. The molecule has 1 heterocycles. The summed E-state index contributed by atoms with van der Waals surface area (Å²) in [5, 5.41) is 10.3. The van der Waals surface area contributed by atoms with Crippen LogP contribution in [0.5, 0.6) is 0 Å². The maximum absolute atomic E-state index is 12.6. The first-order chi connectivity index (χ1) is 12.1. The Morgan fingerprint density at radius 3 is 2.33 bits per heavy atom. The van der Waals surface area contributed by atoms with Gasteiger partial charge in [-0.05, 0) is 31.3 Å². The third-order valence-corrected chi connectivity index (χ3v) is 4.47. The number of hydrogen-bond acceptors (Lipinski definition) is 4. The number of carbonyl (C=O) groups is 1. The normalized spacial score (nSPS) is 11.4. The number of aromatic nitrogens is 2. The van der Waals surface area contributed by atoms with Gasteiger partial charge in [-0.3, -0.25) is 14.4 Å². The Hall–Kier alpha value is -1.60. The molecule has 8 heteroatoms. The minimum atomic E-state index is -0.399. The number of aryl methyl sites for hydroxylation is 1. The number of hydrogen-bond donors (Lipinski definition) is 2. The highest BCUT2D eigenvalue weighted by Crippen LogP contribution is 2.14. The second-order valence-corrected chi connectivity index (χ2v) is 6.12. The summed E-state index contributed by atoms with van der Waals surface area (Å²) in [6.45, 7) is 7.78. The second kappa shape index (κ2) is 12.7. The topological polar surface area (TPSA) is 62.2 Å². The van der Waals surface area contributed by atoms with Crippen LogP contribution >= 0.6 is 24.8 Å². The molecule has 0 fully saturated rings. The minimum absolute atomic E-state index is 0. The molecule has 0 radical (unpaired) electrons. The largest absolute Gasteiger partial charge is 0.350 e. The number of rotatable bonds is 9. The molecule has 0 saturated carbocycles. The molecule has 0 aliphatic carbocycles. The third kappa shape index (κ3) is 7.14. The van der Waals surface area contributed by atoms with Gasteiger partial charge in [0.1, 0.15) is 6.04 Å². The first-order valence-electron chi connectivity index (χ1n) is 8.81. The van der Waals surface area contributed by atoms with Crippen LogP contribution in [0.15, 0.2) is 36.7 Å². The van der Waals surface area contributed by atoms with Crippen molar-refractivity contribution in [3.8, 4) is 0 Å². The molecule has 0 aliphatic rings. The Morgan fingerprint density at radius 2 is 1.81 bits per heavy atom. The maximum Gasteiger partial charge on any atom is 0.242 e. The Kier molecular flexibility index (Phi) is 12.0. The summed E-state index contributed by atoms with van der Waals surface area (Å²) in [5.41, 5.74) is 3.27. The van der Waals surface area contributed by atoms with Crippen molar-refractivity contribution in [2.75, 3.05) is 20.1 Å². The van der Waals surface area contributed by atoms with Crippen molar-refractivity contribution >= 4 is 30.7 Å². The Morgan fingerprint density at radius 1 is 1.19 bits per heavy atom. The summed E-state index contributed by atoms with van der Waals surface area (Å²) < 4.78 is 1.70. The van der Waals surface area contributed by atoms with E-state index in [9.17, 15) is 4.79 Å². The monoisotopic (exact) mass is 415 g/mol. The van der Waals surface area contributed by atoms with Crippen molar-refractivity contribution in [2.45, 2.75) is 33.0 Å². The van der Waals surface area contributed by atoms with E-state index in [1.807, 2.05) is 19.3 Å². The van der Waals surface area contributed by atoms with Gasteiger partial charge in [0.15, 0.2) is 0 Å². The van der Waals surface area contributed by atoms with Crippen LogP contribution in [0.2, 0.25) is 0 Å². The number of nitrogens with one attached hydrogen (secondary N) is 2. The molecule has 2 N–H and O–H groups in total. The van der Waals surface area contributed by atoms with Crippen LogP contribution in [-0.2, 0) is 24.9 Å². The van der Waals surface area contributed by atoms with Crippen molar-refractivity contribution in [3.63, 3.8) is 0 Å². The molecule has 0 aliphatic heterocycles. The van der Waals surface area contributed by atoms with Gasteiger partial charge in [-0.15, -0.1) is 24.8 Å². The van der Waals surface area contributed by atoms with Gasteiger partial charge in [0.25, 0.3) is 0 Å². The fourth-order valence-electron chi connectivity index (χ4n) is 2.90. The molecule has 2 aromatic rings. The zero-order valence-electron chi connectivity index (χ0n) is 16.4. The zero-order valence-corrected chi connectivity index (χ0v) is 18.1. The van der Waals surface area contributed by atoms with Crippen LogP contribution in [0.25, 0.3) is 0 Å². The number of amides is 1. The van der Waals surface area contributed by atoms with Crippen LogP contribution in [-0.4, -0.2) is 40.7 Å². The summed E-state index contributed by atoms with van der Waals surface area (Å²) in [6, 6.07) is 7.89. The highest BCUT2D eigenvalue weighted by Gasteiger charge is 2.20. The van der Waals surface area contributed by atoms with E-state index in [-0.39, 0.29) is 30.7 Å². The van der Waals surface area contributed by atoms with Crippen molar-refractivity contribution in [1.82, 2.24) is 25.3 Å². The number of nitrogens with zero attached hydrogens (tertiary/aromatic N) is 3. The average molecular weight is 416 g/mol.